The maximum atomic E-state index is 12.1. The van der Waals surface area contributed by atoms with Gasteiger partial charge in [0.1, 0.15) is 5.82 Å². The summed E-state index contributed by atoms with van der Waals surface area (Å²) in [6.45, 7) is 4.08. The Bertz CT molecular complexity index is 817. The molecule has 0 unspecified atom stereocenters. The molecule has 0 fully saturated rings. The van der Waals surface area contributed by atoms with E-state index in [9.17, 15) is 4.79 Å². The Balaban J connectivity index is 1.68. The summed E-state index contributed by atoms with van der Waals surface area (Å²) in [4.78, 5) is 20.0. The molecule has 2 aromatic heterocycles. The number of amides is 1. The number of nitrogens with one attached hydrogen (secondary N) is 3. The molecule has 0 saturated heterocycles. The molecule has 0 bridgehead atoms. The van der Waals surface area contributed by atoms with Gasteiger partial charge in [0, 0.05) is 17.8 Å². The predicted molar refractivity (Wildman–Crippen MR) is 90.4 cm³/mol. The standard InChI is InChI=1S/C17H21N5O/c1-3-4-5-16-19-14-7-6-12(9-15(14)20-16)18-17(23)10-13-8-11(2)21-22-13/h6-9H,3-5,10H2,1-2H3,(H,18,23)(H,19,20)(H,21,22). The van der Waals surface area contributed by atoms with Crippen LogP contribution in [0.3, 0.4) is 0 Å². The molecule has 6 nitrogen and oxygen atoms in total. The Morgan fingerprint density at radius 2 is 2.17 bits per heavy atom. The molecule has 0 aliphatic heterocycles. The summed E-state index contributed by atoms with van der Waals surface area (Å²) < 4.78 is 0. The number of hydrogen-bond acceptors (Lipinski definition) is 3. The minimum Gasteiger partial charge on any atom is -0.342 e. The monoisotopic (exact) mass is 311 g/mol. The fourth-order valence-corrected chi connectivity index (χ4v) is 2.54. The second kappa shape index (κ2) is 6.64. The number of carbonyl (C=O) groups is 1. The number of nitrogens with zero attached hydrogens (tertiary/aromatic N) is 2. The van der Waals surface area contributed by atoms with E-state index in [4.69, 9.17) is 0 Å². The number of aryl methyl sites for hydroxylation is 2. The van der Waals surface area contributed by atoms with Gasteiger partial charge in [-0.15, -0.1) is 0 Å². The average Bonchev–Trinajstić information content (AvgIpc) is 3.10. The van der Waals surface area contributed by atoms with Crippen molar-refractivity contribution in [2.45, 2.75) is 39.5 Å². The molecule has 1 amide bonds. The van der Waals surface area contributed by atoms with Gasteiger partial charge in [0.05, 0.1) is 23.1 Å². The van der Waals surface area contributed by atoms with Crippen LogP contribution in [-0.4, -0.2) is 26.1 Å². The fourth-order valence-electron chi connectivity index (χ4n) is 2.54. The molecule has 0 atom stereocenters. The van der Waals surface area contributed by atoms with Crippen molar-refractivity contribution in [3.05, 3.63) is 41.5 Å². The zero-order chi connectivity index (χ0) is 16.2. The maximum Gasteiger partial charge on any atom is 0.230 e. The van der Waals surface area contributed by atoms with Crippen LogP contribution in [0, 0.1) is 6.92 Å². The number of fused-ring (bicyclic) bond motifs is 1. The van der Waals surface area contributed by atoms with Crippen LogP contribution in [0.25, 0.3) is 11.0 Å². The Morgan fingerprint density at radius 1 is 1.30 bits per heavy atom. The van der Waals surface area contributed by atoms with Crippen molar-refractivity contribution in [1.29, 1.82) is 0 Å². The number of aromatic nitrogens is 4. The van der Waals surface area contributed by atoms with Crippen molar-refractivity contribution in [1.82, 2.24) is 20.2 Å². The summed E-state index contributed by atoms with van der Waals surface area (Å²) in [5.74, 6) is 0.916. The number of unbranched alkanes of at least 4 members (excludes halogenated alkanes) is 1. The molecular formula is C17H21N5O. The van der Waals surface area contributed by atoms with E-state index in [0.29, 0.717) is 0 Å². The van der Waals surface area contributed by atoms with Gasteiger partial charge in [0.15, 0.2) is 0 Å². The first-order valence-electron chi connectivity index (χ1n) is 7.93. The zero-order valence-electron chi connectivity index (χ0n) is 13.4. The SMILES string of the molecule is CCCCc1nc2ccc(NC(=O)Cc3cc(C)[nH]n3)cc2[nH]1. The smallest absolute Gasteiger partial charge is 0.230 e. The van der Waals surface area contributed by atoms with Crippen LogP contribution in [-0.2, 0) is 17.6 Å². The van der Waals surface area contributed by atoms with Crippen molar-refractivity contribution in [3.63, 3.8) is 0 Å². The van der Waals surface area contributed by atoms with Crippen LogP contribution in [0.15, 0.2) is 24.3 Å². The molecule has 2 heterocycles. The lowest BCUT2D eigenvalue weighted by molar-refractivity contribution is -0.115. The summed E-state index contributed by atoms with van der Waals surface area (Å²) in [5, 5.41) is 9.82. The lowest BCUT2D eigenvalue weighted by Gasteiger charge is -2.03. The number of H-pyrrole nitrogens is 2. The van der Waals surface area contributed by atoms with Crippen molar-refractivity contribution < 1.29 is 4.79 Å². The number of imidazole rings is 1. The van der Waals surface area contributed by atoms with Gasteiger partial charge in [-0.25, -0.2) is 4.98 Å². The molecule has 1 aromatic carbocycles. The van der Waals surface area contributed by atoms with Gasteiger partial charge in [-0.1, -0.05) is 13.3 Å². The summed E-state index contributed by atoms with van der Waals surface area (Å²) in [5.41, 5.74) is 4.33. The summed E-state index contributed by atoms with van der Waals surface area (Å²) in [7, 11) is 0. The van der Waals surface area contributed by atoms with E-state index in [1.807, 2.05) is 31.2 Å². The number of hydrogen-bond donors (Lipinski definition) is 3. The first-order valence-corrected chi connectivity index (χ1v) is 7.93. The van der Waals surface area contributed by atoms with E-state index in [0.717, 1.165) is 53.2 Å². The highest BCUT2D eigenvalue weighted by Crippen LogP contribution is 2.18. The minimum atomic E-state index is -0.0819. The van der Waals surface area contributed by atoms with Crippen LogP contribution in [0.5, 0.6) is 0 Å². The van der Waals surface area contributed by atoms with Gasteiger partial charge >= 0.3 is 0 Å². The molecule has 3 rings (SSSR count). The van der Waals surface area contributed by atoms with E-state index in [1.54, 1.807) is 0 Å². The quantitative estimate of drug-likeness (QED) is 0.653. The summed E-state index contributed by atoms with van der Waals surface area (Å²) in [6.07, 6.45) is 3.47. The molecule has 0 radical (unpaired) electrons. The van der Waals surface area contributed by atoms with Crippen molar-refractivity contribution in [2.24, 2.45) is 0 Å². The molecule has 23 heavy (non-hydrogen) atoms. The Hall–Kier alpha value is -2.63. The first kappa shape index (κ1) is 15.3. The Kier molecular flexibility index (Phi) is 4.41. The van der Waals surface area contributed by atoms with E-state index in [2.05, 4.69) is 32.4 Å². The molecule has 3 aromatic rings. The minimum absolute atomic E-state index is 0.0819. The number of carbonyl (C=O) groups excluding carboxylic acids is 1. The van der Waals surface area contributed by atoms with Crippen LogP contribution < -0.4 is 5.32 Å². The number of rotatable bonds is 6. The van der Waals surface area contributed by atoms with Crippen LogP contribution >= 0.6 is 0 Å². The largest absolute Gasteiger partial charge is 0.342 e. The van der Waals surface area contributed by atoms with E-state index < -0.39 is 0 Å². The second-order valence-electron chi connectivity index (χ2n) is 5.79. The van der Waals surface area contributed by atoms with Gasteiger partial charge in [0.25, 0.3) is 0 Å². The third-order valence-corrected chi connectivity index (χ3v) is 3.68. The van der Waals surface area contributed by atoms with Crippen LogP contribution in [0.1, 0.15) is 37.0 Å². The highest BCUT2D eigenvalue weighted by atomic mass is 16.1. The highest BCUT2D eigenvalue weighted by Gasteiger charge is 2.08. The molecule has 3 N–H and O–H groups in total. The molecule has 120 valence electrons. The third-order valence-electron chi connectivity index (χ3n) is 3.68. The lowest BCUT2D eigenvalue weighted by atomic mass is 10.2. The van der Waals surface area contributed by atoms with Crippen molar-refractivity contribution in [3.8, 4) is 0 Å². The average molecular weight is 311 g/mol. The van der Waals surface area contributed by atoms with E-state index in [-0.39, 0.29) is 12.3 Å². The van der Waals surface area contributed by atoms with Crippen LogP contribution in [0.4, 0.5) is 5.69 Å². The number of anilines is 1. The summed E-state index contributed by atoms with van der Waals surface area (Å²) in [6, 6.07) is 7.60. The first-order chi connectivity index (χ1) is 11.1. The topological polar surface area (TPSA) is 86.5 Å². The fraction of sp³-hybridized carbons (Fsp3) is 0.353. The van der Waals surface area contributed by atoms with Gasteiger partial charge in [-0.2, -0.15) is 5.10 Å². The zero-order valence-corrected chi connectivity index (χ0v) is 13.4. The Morgan fingerprint density at radius 3 is 2.91 bits per heavy atom. The highest BCUT2D eigenvalue weighted by molar-refractivity contribution is 5.94. The Labute approximate surface area is 134 Å². The normalized spacial score (nSPS) is 11.0. The van der Waals surface area contributed by atoms with E-state index >= 15 is 0 Å². The molecule has 0 saturated carbocycles. The van der Waals surface area contributed by atoms with Gasteiger partial charge in [-0.3, -0.25) is 9.89 Å². The van der Waals surface area contributed by atoms with Gasteiger partial charge < -0.3 is 10.3 Å². The molecule has 0 aliphatic rings. The molecule has 0 spiro atoms. The number of aromatic amines is 2. The lowest BCUT2D eigenvalue weighted by Crippen LogP contribution is -2.14. The van der Waals surface area contributed by atoms with Crippen LogP contribution in [0.2, 0.25) is 0 Å². The third kappa shape index (κ3) is 3.77. The maximum absolute atomic E-state index is 12.1. The van der Waals surface area contributed by atoms with Gasteiger partial charge in [0.2, 0.25) is 5.91 Å². The second-order valence-corrected chi connectivity index (χ2v) is 5.79. The molecule has 0 aliphatic carbocycles. The van der Waals surface area contributed by atoms with Crippen molar-refractivity contribution in [2.75, 3.05) is 5.32 Å². The summed E-state index contributed by atoms with van der Waals surface area (Å²) >= 11 is 0. The van der Waals surface area contributed by atoms with Crippen molar-refractivity contribution >= 4 is 22.6 Å². The predicted octanol–water partition coefficient (Wildman–Crippen LogP) is 3.12. The van der Waals surface area contributed by atoms with E-state index in [1.165, 1.54) is 0 Å². The number of benzene rings is 1. The molecular weight excluding hydrogens is 290 g/mol. The molecule has 6 heteroatoms. The van der Waals surface area contributed by atoms with Gasteiger partial charge in [-0.05, 0) is 37.6 Å².